The Kier molecular flexibility index (Phi) is 6.98. The third-order valence-electron chi connectivity index (χ3n) is 9.70. The summed E-state index contributed by atoms with van der Waals surface area (Å²) in [6.45, 7) is 0. The number of benzene rings is 7. The van der Waals surface area contributed by atoms with Gasteiger partial charge < -0.3 is 4.57 Å². The quantitative estimate of drug-likeness (QED) is 0.181. The van der Waals surface area contributed by atoms with E-state index in [1.807, 2.05) is 48.5 Å². The number of hydrogen-bond acceptors (Lipinski definition) is 5. The highest BCUT2D eigenvalue weighted by atomic mass is 32.1. The van der Waals surface area contributed by atoms with Crippen LogP contribution in [0.1, 0.15) is 5.56 Å². The van der Waals surface area contributed by atoms with Gasteiger partial charge >= 0.3 is 0 Å². The summed E-state index contributed by atoms with van der Waals surface area (Å²) in [5.74, 6) is 1.83. The molecule has 0 radical (unpaired) electrons. The number of aromatic nitrogens is 4. The Morgan fingerprint density at radius 3 is 1.87 bits per heavy atom. The van der Waals surface area contributed by atoms with Crippen LogP contribution >= 0.6 is 11.3 Å². The molecule has 0 amide bonds. The number of nitriles is 1. The molecule has 242 valence electrons. The Morgan fingerprint density at radius 2 is 1.04 bits per heavy atom. The second-order valence-electron chi connectivity index (χ2n) is 12.7. The smallest absolute Gasteiger partial charge is 0.164 e. The summed E-state index contributed by atoms with van der Waals surface area (Å²) < 4.78 is 4.48. The highest BCUT2D eigenvalue weighted by Crippen LogP contribution is 2.42. The minimum atomic E-state index is 0.602. The Morgan fingerprint density at radius 1 is 0.462 bits per heavy atom. The van der Waals surface area contributed by atoms with Gasteiger partial charge in [0.05, 0.1) is 21.3 Å². The molecule has 3 aromatic heterocycles. The molecule has 0 atom stereocenters. The van der Waals surface area contributed by atoms with Gasteiger partial charge in [0.15, 0.2) is 17.5 Å². The first-order chi connectivity index (χ1) is 25.7. The molecule has 0 saturated carbocycles. The van der Waals surface area contributed by atoms with Crippen molar-refractivity contribution in [1.82, 2.24) is 19.5 Å². The number of fused-ring (bicyclic) bond motifs is 6. The van der Waals surface area contributed by atoms with E-state index in [0.29, 0.717) is 23.0 Å². The van der Waals surface area contributed by atoms with Crippen LogP contribution in [0.3, 0.4) is 0 Å². The van der Waals surface area contributed by atoms with Gasteiger partial charge in [0.25, 0.3) is 0 Å². The van der Waals surface area contributed by atoms with Crippen molar-refractivity contribution in [2.45, 2.75) is 0 Å². The summed E-state index contributed by atoms with van der Waals surface area (Å²) in [5, 5.41) is 14.3. The van der Waals surface area contributed by atoms with Gasteiger partial charge in [-0.1, -0.05) is 127 Å². The van der Waals surface area contributed by atoms with Crippen LogP contribution in [0, 0.1) is 11.3 Å². The third-order valence-corrected chi connectivity index (χ3v) is 11.0. The Labute approximate surface area is 303 Å². The van der Waals surface area contributed by atoms with Gasteiger partial charge in [-0.2, -0.15) is 5.26 Å². The maximum Gasteiger partial charge on any atom is 0.164 e. The van der Waals surface area contributed by atoms with Crippen LogP contribution in [0.25, 0.3) is 93.0 Å². The Hall–Kier alpha value is -6.94. The summed E-state index contributed by atoms with van der Waals surface area (Å²) in [6, 6.07) is 58.6. The second-order valence-corrected chi connectivity index (χ2v) is 13.7. The lowest BCUT2D eigenvalue weighted by molar-refractivity contribution is 1.08. The molecular weight excluding hydrogens is 655 g/mol. The Bertz CT molecular complexity index is 3030. The number of para-hydroxylation sites is 2. The molecule has 0 spiro atoms. The van der Waals surface area contributed by atoms with Gasteiger partial charge in [-0.3, -0.25) is 0 Å². The fourth-order valence-corrected chi connectivity index (χ4v) is 8.66. The zero-order valence-electron chi connectivity index (χ0n) is 27.7. The van der Waals surface area contributed by atoms with Crippen molar-refractivity contribution in [3.05, 3.63) is 169 Å². The molecule has 0 aliphatic heterocycles. The predicted octanol–water partition coefficient (Wildman–Crippen LogP) is 11.9. The molecule has 0 saturated heterocycles. The molecule has 7 aromatic carbocycles. The molecular formula is C46H27N5S. The summed E-state index contributed by atoms with van der Waals surface area (Å²) in [7, 11) is 0. The average molecular weight is 682 g/mol. The van der Waals surface area contributed by atoms with E-state index in [0.717, 1.165) is 75.5 Å². The molecule has 10 aromatic rings. The van der Waals surface area contributed by atoms with Crippen LogP contribution < -0.4 is 0 Å². The predicted molar refractivity (Wildman–Crippen MR) is 214 cm³/mol. The van der Waals surface area contributed by atoms with Crippen molar-refractivity contribution in [1.29, 1.82) is 5.26 Å². The largest absolute Gasteiger partial charge is 0.309 e. The monoisotopic (exact) mass is 681 g/mol. The average Bonchev–Trinajstić information content (AvgIpc) is 3.78. The van der Waals surface area contributed by atoms with Crippen molar-refractivity contribution >= 4 is 53.3 Å². The number of thiophene rings is 1. The van der Waals surface area contributed by atoms with Crippen molar-refractivity contribution in [2.24, 2.45) is 0 Å². The lowest BCUT2D eigenvalue weighted by Crippen LogP contribution is -2.00. The van der Waals surface area contributed by atoms with E-state index >= 15 is 0 Å². The van der Waals surface area contributed by atoms with E-state index in [4.69, 9.17) is 15.0 Å². The molecule has 0 aliphatic rings. The van der Waals surface area contributed by atoms with Crippen LogP contribution in [-0.2, 0) is 0 Å². The maximum absolute atomic E-state index is 9.82. The SMILES string of the molecule is N#Cc1cccc2c1sc1c(-c3cccc(-c4nc(-c5ccccc5)nc(-c5cccc6c5c5ccccc5n6-c5ccccc5)n4)c3)cccc12. The molecule has 0 bridgehead atoms. The first-order valence-corrected chi connectivity index (χ1v) is 17.9. The summed E-state index contributed by atoms with van der Waals surface area (Å²) in [5.41, 5.74) is 8.95. The number of rotatable bonds is 5. The standard InChI is InChI=1S/C46H27N5S/c47-28-32-17-10-22-35-36-23-11-21-34(43(36)52-42(32)35)30-15-9-16-31(27-30)45-48-44(29-13-3-1-4-14-29)49-46(50-45)38-24-12-26-40-41(38)37-20-7-8-25-39(37)51(40)33-18-5-2-6-19-33/h1-27H. The van der Waals surface area contributed by atoms with Crippen LogP contribution in [-0.4, -0.2) is 19.5 Å². The summed E-state index contributed by atoms with van der Waals surface area (Å²) in [4.78, 5) is 15.5. The van der Waals surface area contributed by atoms with Gasteiger partial charge in [-0.25, -0.2) is 15.0 Å². The van der Waals surface area contributed by atoms with Crippen molar-refractivity contribution < 1.29 is 0 Å². The van der Waals surface area contributed by atoms with Crippen LogP contribution in [0.15, 0.2) is 164 Å². The van der Waals surface area contributed by atoms with E-state index < -0.39 is 0 Å². The van der Waals surface area contributed by atoms with E-state index in [2.05, 4.69) is 126 Å². The molecule has 5 nitrogen and oxygen atoms in total. The van der Waals surface area contributed by atoms with Gasteiger partial charge in [-0.05, 0) is 47.5 Å². The second kappa shape index (κ2) is 12.1. The highest BCUT2D eigenvalue weighted by Gasteiger charge is 2.20. The lowest BCUT2D eigenvalue weighted by Gasteiger charge is -2.11. The van der Waals surface area contributed by atoms with E-state index in [1.54, 1.807) is 11.3 Å². The van der Waals surface area contributed by atoms with Crippen molar-refractivity contribution in [3.8, 4) is 57.0 Å². The van der Waals surface area contributed by atoms with Crippen LogP contribution in [0.4, 0.5) is 0 Å². The fraction of sp³-hybridized carbons (Fsp3) is 0. The van der Waals surface area contributed by atoms with Gasteiger partial charge in [-0.15, -0.1) is 11.3 Å². The van der Waals surface area contributed by atoms with Crippen molar-refractivity contribution in [2.75, 3.05) is 0 Å². The van der Waals surface area contributed by atoms with Gasteiger partial charge in [0.2, 0.25) is 0 Å². The van der Waals surface area contributed by atoms with Crippen LogP contribution in [0.5, 0.6) is 0 Å². The van der Waals surface area contributed by atoms with Crippen molar-refractivity contribution in [3.63, 3.8) is 0 Å². The third kappa shape index (κ3) is 4.79. The van der Waals surface area contributed by atoms with Gasteiger partial charge in [0.1, 0.15) is 6.07 Å². The fourth-order valence-electron chi connectivity index (χ4n) is 7.36. The molecule has 0 fully saturated rings. The van der Waals surface area contributed by atoms with Crippen LogP contribution in [0.2, 0.25) is 0 Å². The molecule has 10 rings (SSSR count). The summed E-state index contributed by atoms with van der Waals surface area (Å²) >= 11 is 1.67. The Balaban J connectivity index is 1.19. The van der Waals surface area contributed by atoms with Gasteiger partial charge in [0, 0.05) is 48.6 Å². The molecule has 0 N–H and O–H groups in total. The lowest BCUT2D eigenvalue weighted by atomic mass is 10.00. The molecule has 3 heterocycles. The zero-order chi connectivity index (χ0) is 34.6. The van der Waals surface area contributed by atoms with E-state index in [-0.39, 0.29) is 0 Å². The molecule has 0 aliphatic carbocycles. The highest BCUT2D eigenvalue weighted by molar-refractivity contribution is 7.26. The van der Waals surface area contributed by atoms with E-state index in [9.17, 15) is 5.26 Å². The maximum atomic E-state index is 9.82. The molecule has 0 unspecified atom stereocenters. The molecule has 52 heavy (non-hydrogen) atoms. The number of nitrogens with zero attached hydrogens (tertiary/aromatic N) is 5. The normalized spacial score (nSPS) is 11.4. The topological polar surface area (TPSA) is 67.4 Å². The first kappa shape index (κ1) is 29.9. The summed E-state index contributed by atoms with van der Waals surface area (Å²) in [6.07, 6.45) is 0. The minimum Gasteiger partial charge on any atom is -0.309 e. The molecule has 6 heteroatoms. The van der Waals surface area contributed by atoms with E-state index in [1.165, 1.54) is 0 Å². The first-order valence-electron chi connectivity index (χ1n) is 17.1. The number of hydrogen-bond donors (Lipinski definition) is 0. The zero-order valence-corrected chi connectivity index (χ0v) is 28.5. The minimum absolute atomic E-state index is 0.602.